The van der Waals surface area contributed by atoms with E-state index < -0.39 is 5.97 Å². The van der Waals surface area contributed by atoms with Crippen LogP contribution in [0.5, 0.6) is 0 Å². The molecule has 1 N–H and O–H groups in total. The van der Waals surface area contributed by atoms with E-state index in [0.717, 1.165) is 25.7 Å². The molecule has 2 bridgehead atoms. The third-order valence-electron chi connectivity index (χ3n) is 6.96. The Hall–Kier alpha value is -1.38. The lowest BCUT2D eigenvalue weighted by atomic mass is 9.44. The Morgan fingerprint density at radius 2 is 2.26 bits per heavy atom. The molecule has 4 rings (SSSR count). The molecular weight excluding hydrogens is 288 g/mol. The average Bonchev–Trinajstić information content (AvgIpc) is 2.51. The summed E-state index contributed by atoms with van der Waals surface area (Å²) in [7, 11) is 0. The molecule has 3 fully saturated rings. The van der Waals surface area contributed by atoms with E-state index in [-0.39, 0.29) is 22.5 Å². The Balaban J connectivity index is 1.78. The van der Waals surface area contributed by atoms with Crippen molar-refractivity contribution in [2.45, 2.75) is 58.8 Å². The summed E-state index contributed by atoms with van der Waals surface area (Å²) in [5.74, 6) is 0.156. The van der Waals surface area contributed by atoms with Gasteiger partial charge in [-0.2, -0.15) is 0 Å². The normalized spacial score (nSPS) is 40.1. The monoisotopic (exact) mass is 316 g/mol. The van der Waals surface area contributed by atoms with Crippen molar-refractivity contribution < 1.29 is 14.7 Å². The topological polar surface area (TPSA) is 54.4 Å². The molecule has 4 aliphatic carbocycles. The Labute approximate surface area is 138 Å². The highest BCUT2D eigenvalue weighted by Gasteiger charge is 2.57. The molecule has 126 valence electrons. The van der Waals surface area contributed by atoms with E-state index in [1.54, 1.807) is 6.92 Å². The number of aliphatic carboxylic acids is 1. The molecule has 23 heavy (non-hydrogen) atoms. The van der Waals surface area contributed by atoms with Gasteiger partial charge in [0.1, 0.15) is 0 Å². The van der Waals surface area contributed by atoms with Crippen molar-refractivity contribution in [1.82, 2.24) is 0 Å². The van der Waals surface area contributed by atoms with Crippen molar-refractivity contribution in [3.63, 3.8) is 0 Å². The summed E-state index contributed by atoms with van der Waals surface area (Å²) in [6, 6.07) is 0. The smallest absolute Gasteiger partial charge is 0.306 e. The number of carboxylic acid groups (broad SMARTS) is 1. The maximum absolute atomic E-state index is 12.7. The van der Waals surface area contributed by atoms with E-state index in [1.165, 1.54) is 18.4 Å². The lowest BCUT2D eigenvalue weighted by Crippen LogP contribution is -2.53. The van der Waals surface area contributed by atoms with E-state index in [2.05, 4.69) is 19.6 Å². The molecule has 0 aromatic heterocycles. The van der Waals surface area contributed by atoms with Crippen molar-refractivity contribution in [3.05, 3.63) is 24.3 Å². The van der Waals surface area contributed by atoms with Crippen LogP contribution in [0.15, 0.2) is 24.3 Å². The van der Waals surface area contributed by atoms with E-state index in [1.807, 2.05) is 6.08 Å². The van der Waals surface area contributed by atoms with Crippen LogP contribution in [0.1, 0.15) is 58.8 Å². The zero-order chi connectivity index (χ0) is 16.8. The van der Waals surface area contributed by atoms with Gasteiger partial charge in [-0.15, -0.1) is 0 Å². The summed E-state index contributed by atoms with van der Waals surface area (Å²) >= 11 is 0. The fourth-order valence-electron chi connectivity index (χ4n) is 5.36. The average molecular weight is 316 g/mol. The third kappa shape index (κ3) is 2.58. The summed E-state index contributed by atoms with van der Waals surface area (Å²) in [4.78, 5) is 23.7. The van der Waals surface area contributed by atoms with Gasteiger partial charge < -0.3 is 5.11 Å². The van der Waals surface area contributed by atoms with Crippen LogP contribution in [0.2, 0.25) is 0 Å². The minimum atomic E-state index is -0.741. The van der Waals surface area contributed by atoms with Gasteiger partial charge in [0.2, 0.25) is 0 Å². The van der Waals surface area contributed by atoms with Gasteiger partial charge in [-0.3, -0.25) is 9.59 Å². The van der Waals surface area contributed by atoms with Crippen molar-refractivity contribution in [1.29, 1.82) is 0 Å². The number of allylic oxidation sites excluding steroid dienone is 3. The van der Waals surface area contributed by atoms with E-state index in [9.17, 15) is 9.59 Å². The Kier molecular flexibility index (Phi) is 4.02. The highest BCUT2D eigenvalue weighted by molar-refractivity contribution is 5.96. The first-order chi connectivity index (χ1) is 10.8. The maximum atomic E-state index is 12.7. The molecule has 0 amide bonds. The first-order valence-corrected chi connectivity index (χ1v) is 8.93. The molecule has 3 nitrogen and oxygen atoms in total. The molecule has 1 spiro atoms. The lowest BCUT2D eigenvalue weighted by molar-refractivity contribution is -0.141. The van der Waals surface area contributed by atoms with Gasteiger partial charge in [-0.25, -0.2) is 0 Å². The molecule has 0 aromatic rings. The first-order valence-electron chi connectivity index (χ1n) is 8.93. The van der Waals surface area contributed by atoms with E-state index in [0.29, 0.717) is 18.3 Å². The zero-order valence-corrected chi connectivity index (χ0v) is 14.3. The minimum Gasteiger partial charge on any atom is -0.481 e. The van der Waals surface area contributed by atoms with E-state index >= 15 is 0 Å². The quantitative estimate of drug-likeness (QED) is 0.766. The first kappa shape index (κ1) is 16.5. The summed E-state index contributed by atoms with van der Waals surface area (Å²) < 4.78 is 0. The van der Waals surface area contributed by atoms with Crippen LogP contribution in [0, 0.1) is 28.6 Å². The standard InChI is InChI=1S/C20H28O3/c1-13(18(22)23)5-4-8-19(3)16-11-15-6-9-20(16,12-14(15)2)10-7-17(19)21/h7,10,13,15-16H,2,4-6,8-9,11-12H2,1,3H3,(H,22,23). The summed E-state index contributed by atoms with van der Waals surface area (Å²) in [6.07, 6.45) is 10.8. The Morgan fingerprint density at radius 3 is 2.91 bits per heavy atom. The Bertz CT molecular complexity index is 575. The molecule has 0 radical (unpaired) electrons. The minimum absolute atomic E-state index is 0.132. The fraction of sp³-hybridized carbons (Fsp3) is 0.700. The predicted molar refractivity (Wildman–Crippen MR) is 89.9 cm³/mol. The molecule has 0 saturated heterocycles. The number of hydrogen-bond acceptors (Lipinski definition) is 2. The van der Waals surface area contributed by atoms with Crippen molar-refractivity contribution in [3.8, 4) is 0 Å². The summed E-state index contributed by atoms with van der Waals surface area (Å²) in [6.45, 7) is 8.15. The Morgan fingerprint density at radius 1 is 1.52 bits per heavy atom. The predicted octanol–water partition coefficient (Wildman–Crippen LogP) is 4.39. The molecule has 3 saturated carbocycles. The molecule has 3 heteroatoms. The van der Waals surface area contributed by atoms with Gasteiger partial charge in [0.05, 0.1) is 5.92 Å². The highest BCUT2D eigenvalue weighted by atomic mass is 16.4. The van der Waals surface area contributed by atoms with Gasteiger partial charge in [0.25, 0.3) is 0 Å². The highest BCUT2D eigenvalue weighted by Crippen LogP contribution is 2.64. The molecule has 4 aliphatic rings. The zero-order valence-electron chi connectivity index (χ0n) is 14.3. The van der Waals surface area contributed by atoms with Gasteiger partial charge in [0.15, 0.2) is 5.78 Å². The second-order valence-corrected chi connectivity index (χ2v) is 8.34. The van der Waals surface area contributed by atoms with Gasteiger partial charge >= 0.3 is 5.97 Å². The number of rotatable bonds is 5. The lowest BCUT2D eigenvalue weighted by Gasteiger charge is -2.59. The number of hydrogen-bond donors (Lipinski definition) is 1. The van der Waals surface area contributed by atoms with Gasteiger partial charge in [0, 0.05) is 5.41 Å². The van der Waals surface area contributed by atoms with E-state index in [4.69, 9.17) is 5.11 Å². The van der Waals surface area contributed by atoms with Crippen molar-refractivity contribution in [2.24, 2.45) is 28.6 Å². The second-order valence-electron chi connectivity index (χ2n) is 8.34. The largest absolute Gasteiger partial charge is 0.481 e. The number of carbonyl (C=O) groups is 2. The number of carbonyl (C=O) groups excluding carboxylic acids is 1. The van der Waals surface area contributed by atoms with Crippen molar-refractivity contribution >= 4 is 11.8 Å². The molecule has 5 unspecified atom stereocenters. The number of ketones is 1. The summed E-state index contributed by atoms with van der Waals surface area (Å²) in [5, 5.41) is 9.05. The second kappa shape index (κ2) is 5.61. The molecule has 0 aliphatic heterocycles. The number of carboxylic acids is 1. The molecule has 0 heterocycles. The molecular formula is C20H28O3. The number of fused-ring (bicyclic) bond motifs is 2. The van der Waals surface area contributed by atoms with Crippen LogP contribution < -0.4 is 0 Å². The summed E-state index contributed by atoms with van der Waals surface area (Å²) in [5.41, 5.74) is 1.17. The van der Waals surface area contributed by atoms with Crippen LogP contribution in [0.4, 0.5) is 0 Å². The fourth-order valence-corrected chi connectivity index (χ4v) is 5.36. The maximum Gasteiger partial charge on any atom is 0.306 e. The van der Waals surface area contributed by atoms with Crippen molar-refractivity contribution in [2.75, 3.05) is 0 Å². The van der Waals surface area contributed by atoms with Gasteiger partial charge in [-0.1, -0.05) is 38.5 Å². The van der Waals surface area contributed by atoms with Crippen LogP contribution in [0.25, 0.3) is 0 Å². The molecule has 0 aromatic carbocycles. The molecule has 5 atom stereocenters. The third-order valence-corrected chi connectivity index (χ3v) is 6.96. The SMILES string of the molecule is C=C1CC23C=CC(=O)C(C)(CCCC(C)C(=O)O)C2CC1CC3. The van der Waals surface area contributed by atoms with Crippen LogP contribution in [-0.2, 0) is 9.59 Å². The van der Waals surface area contributed by atoms with Crippen LogP contribution in [-0.4, -0.2) is 16.9 Å². The van der Waals surface area contributed by atoms with Gasteiger partial charge in [-0.05, 0) is 61.9 Å². The van der Waals surface area contributed by atoms with Crippen LogP contribution >= 0.6 is 0 Å². The van der Waals surface area contributed by atoms with Crippen LogP contribution in [0.3, 0.4) is 0 Å².